The third kappa shape index (κ3) is 3.80. The van der Waals surface area contributed by atoms with E-state index in [1.807, 2.05) is 4.90 Å². The molecule has 2 aliphatic rings. The number of amides is 1. The van der Waals surface area contributed by atoms with Crippen LogP contribution in [0.3, 0.4) is 0 Å². The molecule has 1 atom stereocenters. The van der Waals surface area contributed by atoms with Crippen LogP contribution >= 0.6 is 11.6 Å². The van der Waals surface area contributed by atoms with Gasteiger partial charge in [-0.2, -0.15) is 0 Å². The number of likely N-dealkylation sites (tertiary alicyclic amines) is 1. The Morgan fingerprint density at radius 2 is 2.05 bits per heavy atom. The van der Waals surface area contributed by atoms with Crippen LogP contribution in [0.25, 0.3) is 0 Å². The lowest BCUT2D eigenvalue weighted by Gasteiger charge is -2.34. The summed E-state index contributed by atoms with van der Waals surface area (Å²) in [7, 11) is 0. The molecule has 1 amide bonds. The van der Waals surface area contributed by atoms with Crippen LogP contribution in [0.1, 0.15) is 32.1 Å². The number of pyridine rings is 1. The lowest BCUT2D eigenvalue weighted by Crippen LogP contribution is -2.44. The fraction of sp³-hybridized carbons (Fsp3) is 0.529. The fourth-order valence-corrected chi connectivity index (χ4v) is 3.18. The van der Waals surface area contributed by atoms with Crippen molar-refractivity contribution in [2.45, 2.75) is 38.2 Å². The average molecular weight is 321 g/mol. The first-order chi connectivity index (χ1) is 10.7. The summed E-state index contributed by atoms with van der Waals surface area (Å²) >= 11 is 5.82. The zero-order valence-electron chi connectivity index (χ0n) is 12.6. The standard InChI is InChI=1S/C17H21ClN2O2/c18-14-6-7-16(19-12-14)22-15-8-10-20(11-9-15)17(21)13-4-2-1-3-5-13/h1-2,6-7,12-13,15H,3-5,8-11H2/t13-/m0/s1. The molecule has 5 heteroatoms. The molecule has 118 valence electrons. The van der Waals surface area contributed by atoms with Crippen molar-refractivity contribution in [3.8, 4) is 5.88 Å². The lowest BCUT2D eigenvalue weighted by molar-refractivity contribution is -0.137. The van der Waals surface area contributed by atoms with Gasteiger partial charge in [-0.3, -0.25) is 4.79 Å². The summed E-state index contributed by atoms with van der Waals surface area (Å²) in [5.74, 6) is 1.10. The van der Waals surface area contributed by atoms with E-state index in [9.17, 15) is 4.79 Å². The molecule has 22 heavy (non-hydrogen) atoms. The van der Waals surface area contributed by atoms with Gasteiger partial charge in [0.15, 0.2) is 0 Å². The molecule has 0 unspecified atom stereocenters. The molecule has 0 radical (unpaired) electrons. The van der Waals surface area contributed by atoms with E-state index in [0.717, 1.165) is 45.2 Å². The molecule has 1 aliphatic carbocycles. The minimum Gasteiger partial charge on any atom is -0.474 e. The van der Waals surface area contributed by atoms with Crippen molar-refractivity contribution < 1.29 is 9.53 Å². The van der Waals surface area contributed by atoms with Crippen LogP contribution in [0, 0.1) is 5.92 Å². The topological polar surface area (TPSA) is 42.4 Å². The maximum Gasteiger partial charge on any atom is 0.226 e. The van der Waals surface area contributed by atoms with Crippen LogP contribution in [0.15, 0.2) is 30.5 Å². The SMILES string of the molecule is O=C([C@H]1CC=CCC1)N1CCC(Oc2ccc(Cl)cn2)CC1. The predicted molar refractivity (Wildman–Crippen MR) is 86.0 cm³/mol. The first-order valence-corrected chi connectivity index (χ1v) is 8.32. The number of hydrogen-bond donors (Lipinski definition) is 0. The molecule has 1 aromatic heterocycles. The van der Waals surface area contributed by atoms with Crippen molar-refractivity contribution in [2.75, 3.05) is 13.1 Å². The number of carbonyl (C=O) groups excluding carboxylic acids is 1. The number of halogens is 1. The van der Waals surface area contributed by atoms with Crippen molar-refractivity contribution in [2.24, 2.45) is 5.92 Å². The smallest absolute Gasteiger partial charge is 0.226 e. The number of rotatable bonds is 3. The Morgan fingerprint density at radius 3 is 2.68 bits per heavy atom. The quantitative estimate of drug-likeness (QED) is 0.801. The molecule has 1 fully saturated rings. The van der Waals surface area contributed by atoms with Crippen LogP contribution in [0.5, 0.6) is 5.88 Å². The van der Waals surface area contributed by atoms with Gasteiger partial charge in [-0.05, 0) is 25.3 Å². The zero-order valence-corrected chi connectivity index (χ0v) is 13.3. The summed E-state index contributed by atoms with van der Waals surface area (Å²) in [6, 6.07) is 3.56. The van der Waals surface area contributed by atoms with E-state index in [2.05, 4.69) is 17.1 Å². The van der Waals surface area contributed by atoms with E-state index in [1.165, 1.54) is 0 Å². The van der Waals surface area contributed by atoms with Gasteiger partial charge < -0.3 is 9.64 Å². The van der Waals surface area contributed by atoms with E-state index in [0.29, 0.717) is 16.8 Å². The Kier molecular flexibility index (Phi) is 4.98. The maximum atomic E-state index is 12.5. The molecule has 1 aliphatic heterocycles. The van der Waals surface area contributed by atoms with Crippen LogP contribution in [-0.4, -0.2) is 35.0 Å². The number of allylic oxidation sites excluding steroid dienone is 2. The second-order valence-corrected chi connectivity index (χ2v) is 6.37. The number of hydrogen-bond acceptors (Lipinski definition) is 3. The molecule has 0 N–H and O–H groups in total. The normalized spacial score (nSPS) is 22.6. The summed E-state index contributed by atoms with van der Waals surface area (Å²) in [5.41, 5.74) is 0. The highest BCUT2D eigenvalue weighted by Crippen LogP contribution is 2.24. The largest absolute Gasteiger partial charge is 0.474 e. The van der Waals surface area contributed by atoms with Crippen molar-refractivity contribution >= 4 is 17.5 Å². The van der Waals surface area contributed by atoms with Gasteiger partial charge >= 0.3 is 0 Å². The summed E-state index contributed by atoms with van der Waals surface area (Å²) in [6.07, 6.45) is 10.6. The minimum atomic E-state index is 0.129. The summed E-state index contributed by atoms with van der Waals surface area (Å²) in [5, 5.41) is 0.606. The summed E-state index contributed by atoms with van der Waals surface area (Å²) in [6.45, 7) is 1.55. The Labute approximate surface area is 136 Å². The molecule has 3 rings (SSSR count). The summed E-state index contributed by atoms with van der Waals surface area (Å²) in [4.78, 5) is 18.6. The molecule has 2 heterocycles. The third-order valence-corrected chi connectivity index (χ3v) is 4.58. The second kappa shape index (κ2) is 7.14. The second-order valence-electron chi connectivity index (χ2n) is 5.94. The number of carbonyl (C=O) groups is 1. The first kappa shape index (κ1) is 15.3. The van der Waals surface area contributed by atoms with Crippen LogP contribution in [0.2, 0.25) is 5.02 Å². The Bertz CT molecular complexity index is 536. The highest BCUT2D eigenvalue weighted by molar-refractivity contribution is 6.30. The van der Waals surface area contributed by atoms with Crippen molar-refractivity contribution in [1.82, 2.24) is 9.88 Å². The highest BCUT2D eigenvalue weighted by atomic mass is 35.5. The molecule has 0 aromatic carbocycles. The average Bonchev–Trinajstić information content (AvgIpc) is 2.58. The molecule has 4 nitrogen and oxygen atoms in total. The lowest BCUT2D eigenvalue weighted by atomic mass is 9.92. The van der Waals surface area contributed by atoms with Gasteiger partial charge in [0.25, 0.3) is 0 Å². The van der Waals surface area contributed by atoms with E-state index in [1.54, 1.807) is 18.3 Å². The van der Waals surface area contributed by atoms with Crippen molar-refractivity contribution in [3.63, 3.8) is 0 Å². The zero-order chi connectivity index (χ0) is 15.4. The minimum absolute atomic E-state index is 0.129. The highest BCUT2D eigenvalue weighted by Gasteiger charge is 2.28. The monoisotopic (exact) mass is 320 g/mol. The van der Waals surface area contributed by atoms with Gasteiger partial charge in [0.05, 0.1) is 5.02 Å². The Morgan fingerprint density at radius 1 is 1.23 bits per heavy atom. The van der Waals surface area contributed by atoms with Gasteiger partial charge in [0.1, 0.15) is 6.10 Å². The Balaban J connectivity index is 1.48. The van der Waals surface area contributed by atoms with E-state index < -0.39 is 0 Å². The number of ether oxygens (including phenoxy) is 1. The first-order valence-electron chi connectivity index (χ1n) is 7.94. The van der Waals surface area contributed by atoms with Crippen LogP contribution in [0.4, 0.5) is 0 Å². The molecule has 1 aromatic rings. The number of nitrogens with zero attached hydrogens (tertiary/aromatic N) is 2. The van der Waals surface area contributed by atoms with E-state index >= 15 is 0 Å². The molecular weight excluding hydrogens is 300 g/mol. The molecule has 0 saturated carbocycles. The van der Waals surface area contributed by atoms with Gasteiger partial charge in [-0.1, -0.05) is 23.8 Å². The van der Waals surface area contributed by atoms with E-state index in [-0.39, 0.29) is 12.0 Å². The molecular formula is C17H21ClN2O2. The van der Waals surface area contributed by atoms with Gasteiger partial charge in [0, 0.05) is 44.1 Å². The van der Waals surface area contributed by atoms with Gasteiger partial charge in [-0.25, -0.2) is 4.98 Å². The molecule has 0 bridgehead atoms. The van der Waals surface area contributed by atoms with Gasteiger partial charge in [-0.15, -0.1) is 0 Å². The maximum absolute atomic E-state index is 12.5. The predicted octanol–water partition coefficient (Wildman–Crippen LogP) is 3.46. The van der Waals surface area contributed by atoms with Crippen molar-refractivity contribution in [1.29, 1.82) is 0 Å². The summed E-state index contributed by atoms with van der Waals surface area (Å²) < 4.78 is 5.86. The van der Waals surface area contributed by atoms with Crippen LogP contribution in [-0.2, 0) is 4.79 Å². The van der Waals surface area contributed by atoms with Crippen molar-refractivity contribution in [3.05, 3.63) is 35.5 Å². The van der Waals surface area contributed by atoms with E-state index in [4.69, 9.17) is 16.3 Å². The number of aromatic nitrogens is 1. The third-order valence-electron chi connectivity index (χ3n) is 4.36. The van der Waals surface area contributed by atoms with Gasteiger partial charge in [0.2, 0.25) is 11.8 Å². The fourth-order valence-electron chi connectivity index (χ4n) is 3.07. The Hall–Kier alpha value is -1.55. The number of piperidine rings is 1. The molecule has 0 spiro atoms. The van der Waals surface area contributed by atoms with Crippen LogP contribution < -0.4 is 4.74 Å². The molecule has 1 saturated heterocycles.